The molecule has 0 saturated carbocycles. The Morgan fingerprint density at radius 2 is 1.83 bits per heavy atom. The van der Waals surface area contributed by atoms with Gasteiger partial charge in [0.2, 0.25) is 6.29 Å². The summed E-state index contributed by atoms with van der Waals surface area (Å²) in [4.78, 5) is 23.5. The second kappa shape index (κ2) is 7.26. The molecule has 1 unspecified atom stereocenters. The van der Waals surface area contributed by atoms with E-state index in [4.69, 9.17) is 9.47 Å². The van der Waals surface area contributed by atoms with Gasteiger partial charge in [-0.05, 0) is 12.1 Å². The number of benzene rings is 2. The summed E-state index contributed by atoms with van der Waals surface area (Å²) in [5, 5.41) is 10.3. The van der Waals surface area contributed by atoms with Gasteiger partial charge in [0.05, 0.1) is 5.56 Å². The van der Waals surface area contributed by atoms with Gasteiger partial charge < -0.3 is 14.6 Å². The topological polar surface area (TPSA) is 72.8 Å². The van der Waals surface area contributed by atoms with Gasteiger partial charge in [-0.1, -0.05) is 43.0 Å². The molecular formula is C18H16O5. The van der Waals surface area contributed by atoms with E-state index in [0.717, 1.165) is 6.08 Å². The average Bonchev–Trinajstić information content (AvgIpc) is 2.56. The van der Waals surface area contributed by atoms with Gasteiger partial charge >= 0.3 is 5.97 Å². The van der Waals surface area contributed by atoms with Crippen molar-refractivity contribution in [2.75, 3.05) is 0 Å². The molecule has 0 saturated heterocycles. The molecule has 2 aromatic rings. The molecule has 0 bridgehead atoms. The Morgan fingerprint density at radius 1 is 1.13 bits per heavy atom. The van der Waals surface area contributed by atoms with Gasteiger partial charge in [-0.25, -0.2) is 4.79 Å². The first-order valence-electron chi connectivity index (χ1n) is 6.94. The molecule has 0 heterocycles. The molecule has 0 radical (unpaired) electrons. The summed E-state index contributed by atoms with van der Waals surface area (Å²) in [6.45, 7) is 4.78. The summed E-state index contributed by atoms with van der Waals surface area (Å²) in [5.41, 5.74) is 0.557. The molecule has 1 N–H and O–H groups in total. The van der Waals surface area contributed by atoms with Crippen LogP contribution in [0.4, 0.5) is 0 Å². The monoisotopic (exact) mass is 312 g/mol. The largest absolute Gasteiger partial charge is 0.504 e. The van der Waals surface area contributed by atoms with Crippen LogP contribution in [0.1, 0.15) is 22.8 Å². The summed E-state index contributed by atoms with van der Waals surface area (Å²) in [6.07, 6.45) is 0.0724. The highest BCUT2D eigenvalue weighted by Crippen LogP contribution is 2.32. The lowest BCUT2D eigenvalue weighted by Crippen LogP contribution is -2.19. The van der Waals surface area contributed by atoms with E-state index in [1.807, 2.05) is 0 Å². The van der Waals surface area contributed by atoms with Crippen LogP contribution in [0, 0.1) is 0 Å². The maximum Gasteiger partial charge on any atom is 0.333 e. The van der Waals surface area contributed by atoms with Crippen LogP contribution in [0.25, 0.3) is 0 Å². The Hall–Kier alpha value is -3.08. The third kappa shape index (κ3) is 3.97. The molecule has 2 rings (SSSR count). The highest BCUT2D eigenvalue weighted by Gasteiger charge is 2.18. The summed E-state index contributed by atoms with van der Waals surface area (Å²) >= 11 is 0. The number of phenolic OH excluding ortho intramolecular Hbond substituents is 1. The zero-order valence-corrected chi connectivity index (χ0v) is 12.6. The minimum atomic E-state index is -0.937. The number of ether oxygens (including phenoxy) is 2. The van der Waals surface area contributed by atoms with Gasteiger partial charge in [0.1, 0.15) is 0 Å². The molecule has 0 fully saturated rings. The van der Waals surface area contributed by atoms with E-state index in [1.54, 1.807) is 36.4 Å². The van der Waals surface area contributed by atoms with E-state index in [2.05, 4.69) is 6.58 Å². The molecule has 0 amide bonds. The number of ketones is 1. The van der Waals surface area contributed by atoms with Crippen LogP contribution < -0.4 is 4.74 Å². The maximum absolute atomic E-state index is 12.4. The normalized spacial score (nSPS) is 11.3. The molecule has 0 aliphatic carbocycles. The van der Waals surface area contributed by atoms with E-state index in [9.17, 15) is 14.7 Å². The molecular weight excluding hydrogens is 296 g/mol. The van der Waals surface area contributed by atoms with Crippen LogP contribution in [0.2, 0.25) is 0 Å². The fraction of sp³-hybridized carbons (Fsp3) is 0.111. The van der Waals surface area contributed by atoms with E-state index < -0.39 is 12.3 Å². The van der Waals surface area contributed by atoms with Crippen molar-refractivity contribution < 1.29 is 24.2 Å². The number of carbonyl (C=O) groups excluding carboxylic acids is 2. The predicted molar refractivity (Wildman–Crippen MR) is 84.4 cm³/mol. The minimum Gasteiger partial charge on any atom is -0.504 e. The van der Waals surface area contributed by atoms with Crippen molar-refractivity contribution in [1.82, 2.24) is 0 Å². The Labute approximate surface area is 133 Å². The molecule has 5 heteroatoms. The average molecular weight is 312 g/mol. The van der Waals surface area contributed by atoms with Crippen molar-refractivity contribution in [3.05, 3.63) is 72.3 Å². The van der Waals surface area contributed by atoms with Crippen molar-refractivity contribution in [1.29, 1.82) is 0 Å². The Kier molecular flexibility index (Phi) is 5.15. The van der Waals surface area contributed by atoms with Crippen molar-refractivity contribution in [2.24, 2.45) is 0 Å². The smallest absolute Gasteiger partial charge is 0.333 e. The predicted octanol–water partition coefficient (Wildman–Crippen LogP) is 3.08. The maximum atomic E-state index is 12.4. The first-order chi connectivity index (χ1) is 11.0. The highest BCUT2D eigenvalue weighted by molar-refractivity contribution is 6.11. The van der Waals surface area contributed by atoms with E-state index in [1.165, 1.54) is 19.1 Å². The first-order valence-corrected chi connectivity index (χ1v) is 6.94. The number of hydrogen-bond donors (Lipinski definition) is 1. The molecule has 0 spiro atoms. The van der Waals surface area contributed by atoms with Gasteiger partial charge in [0.15, 0.2) is 17.3 Å². The Morgan fingerprint density at radius 3 is 2.48 bits per heavy atom. The number of hydrogen-bond acceptors (Lipinski definition) is 5. The number of esters is 1. The standard InChI is InChI=1S/C18H16O5/c1-3-16(19)23-12(2)22-15-11-7-10-14(18(15)21)17(20)13-8-5-4-6-9-13/h3-12,21H,1H2,2H3. The number of aromatic hydroxyl groups is 1. The quantitative estimate of drug-likeness (QED) is 0.384. The van der Waals surface area contributed by atoms with Gasteiger partial charge in [-0.3, -0.25) is 4.79 Å². The second-order valence-electron chi connectivity index (χ2n) is 4.67. The van der Waals surface area contributed by atoms with Gasteiger partial charge in [-0.15, -0.1) is 0 Å². The zero-order valence-electron chi connectivity index (χ0n) is 12.6. The van der Waals surface area contributed by atoms with Crippen LogP contribution in [0.3, 0.4) is 0 Å². The fourth-order valence-corrected chi connectivity index (χ4v) is 1.96. The van der Waals surface area contributed by atoms with Crippen LogP contribution in [0.5, 0.6) is 11.5 Å². The van der Waals surface area contributed by atoms with Crippen molar-refractivity contribution >= 4 is 11.8 Å². The van der Waals surface area contributed by atoms with Crippen LogP contribution in [-0.2, 0) is 9.53 Å². The summed E-state index contributed by atoms with van der Waals surface area (Å²) in [5.74, 6) is -1.23. The molecule has 0 aromatic heterocycles. The van der Waals surface area contributed by atoms with Crippen LogP contribution in [-0.4, -0.2) is 23.1 Å². The molecule has 2 aromatic carbocycles. The Balaban J connectivity index is 2.23. The second-order valence-corrected chi connectivity index (χ2v) is 4.67. The summed E-state index contributed by atoms with van der Waals surface area (Å²) in [6, 6.07) is 13.1. The van der Waals surface area contributed by atoms with E-state index in [0.29, 0.717) is 5.56 Å². The molecule has 5 nitrogen and oxygen atoms in total. The van der Waals surface area contributed by atoms with Gasteiger partial charge in [-0.2, -0.15) is 0 Å². The summed E-state index contributed by atoms with van der Waals surface area (Å²) in [7, 11) is 0. The summed E-state index contributed by atoms with van der Waals surface area (Å²) < 4.78 is 10.2. The lowest BCUT2D eigenvalue weighted by molar-refractivity contribution is -0.155. The molecule has 0 aliphatic heterocycles. The number of para-hydroxylation sites is 1. The first kappa shape index (κ1) is 16.3. The van der Waals surface area contributed by atoms with Crippen molar-refractivity contribution in [3.8, 4) is 11.5 Å². The lowest BCUT2D eigenvalue weighted by atomic mass is 10.0. The number of carbonyl (C=O) groups is 2. The SMILES string of the molecule is C=CC(=O)OC(C)Oc1cccc(C(=O)c2ccccc2)c1O. The third-order valence-corrected chi connectivity index (χ3v) is 3.02. The molecule has 118 valence electrons. The van der Waals surface area contributed by atoms with E-state index >= 15 is 0 Å². The van der Waals surface area contributed by atoms with Crippen LogP contribution >= 0.6 is 0 Å². The lowest BCUT2D eigenvalue weighted by Gasteiger charge is -2.16. The third-order valence-electron chi connectivity index (χ3n) is 3.02. The highest BCUT2D eigenvalue weighted by atomic mass is 16.7. The molecule has 23 heavy (non-hydrogen) atoms. The Bertz CT molecular complexity index is 721. The molecule has 1 atom stereocenters. The van der Waals surface area contributed by atoms with Crippen LogP contribution in [0.15, 0.2) is 61.2 Å². The van der Waals surface area contributed by atoms with Crippen molar-refractivity contribution in [2.45, 2.75) is 13.2 Å². The van der Waals surface area contributed by atoms with Gasteiger partial charge in [0.25, 0.3) is 0 Å². The number of rotatable bonds is 6. The van der Waals surface area contributed by atoms with E-state index in [-0.39, 0.29) is 22.8 Å². The van der Waals surface area contributed by atoms with Gasteiger partial charge in [0, 0.05) is 18.6 Å². The molecule has 0 aliphatic rings. The van der Waals surface area contributed by atoms with Crippen molar-refractivity contribution in [3.63, 3.8) is 0 Å². The fourth-order valence-electron chi connectivity index (χ4n) is 1.96. The number of phenols is 1. The minimum absolute atomic E-state index is 0.0520. The zero-order chi connectivity index (χ0) is 16.8.